The summed E-state index contributed by atoms with van der Waals surface area (Å²) >= 11 is 1.78. The molecule has 16 aromatic carbocycles. The summed E-state index contributed by atoms with van der Waals surface area (Å²) in [4.78, 5) is 30.9. The molecular formula is C108H68N8O3S. The van der Waals surface area contributed by atoms with Crippen LogP contribution in [0.4, 0.5) is 0 Å². The predicted octanol–water partition coefficient (Wildman–Crippen LogP) is 28.6. The molecule has 0 radical (unpaired) electrons. The molecule has 0 N–H and O–H groups in total. The molecule has 2 aliphatic rings. The topological polar surface area (TPSA) is 127 Å². The van der Waals surface area contributed by atoms with Gasteiger partial charge < -0.3 is 22.4 Å². The van der Waals surface area contributed by atoms with E-state index >= 15 is 0 Å². The normalized spacial score (nSPS) is 13.3. The maximum atomic E-state index is 6.80. The average Bonchev–Trinajstić information content (AvgIpc) is 1.55. The van der Waals surface area contributed by atoms with Crippen molar-refractivity contribution in [3.8, 4) is 102 Å². The Morgan fingerprint density at radius 3 is 1.08 bits per heavy atom. The van der Waals surface area contributed by atoms with Crippen LogP contribution in [0.1, 0.15) is 49.9 Å². The van der Waals surface area contributed by atoms with Gasteiger partial charge in [-0.2, -0.15) is 0 Å². The SMILES string of the molecule is CC1(C)c2ccccc2-c2cc3c4ccccc4n(-c4ccc5oc6c(-c7nc(-c8ccccc8)nc(-c8cccc9c8oc8ccccc89)n7)cccc6c5c4)c3cc21.CC1(C)c2ccccc2-c2cc3c4ccccc4n(-c4ccc5oc6c(-c7nc(-c8ccccc8)nc(-c8cccc9c8sc8ccccc89)n7)cccc6c5c4)c3cc21. The van der Waals surface area contributed by atoms with E-state index in [-0.39, 0.29) is 10.8 Å². The minimum Gasteiger partial charge on any atom is -0.455 e. The molecule has 0 saturated carbocycles. The third-order valence-corrected chi connectivity index (χ3v) is 26.6. The highest BCUT2D eigenvalue weighted by Gasteiger charge is 2.38. The molecule has 26 rings (SSSR count). The largest absolute Gasteiger partial charge is 0.455 e. The summed E-state index contributed by atoms with van der Waals surface area (Å²) in [6.45, 7) is 9.38. The summed E-state index contributed by atoms with van der Waals surface area (Å²) in [5, 5.41) is 13.5. The first-order valence-electron chi connectivity index (χ1n) is 40.7. The summed E-state index contributed by atoms with van der Waals surface area (Å²) < 4.78 is 27.3. The van der Waals surface area contributed by atoms with Gasteiger partial charge in [0.05, 0.1) is 38.8 Å². The Morgan fingerprint density at radius 1 is 0.233 bits per heavy atom. The van der Waals surface area contributed by atoms with Gasteiger partial charge in [-0.05, 0) is 154 Å². The van der Waals surface area contributed by atoms with Gasteiger partial charge in [0.1, 0.15) is 33.5 Å². The summed E-state index contributed by atoms with van der Waals surface area (Å²) in [7, 11) is 0. The Morgan fingerprint density at radius 2 is 0.592 bits per heavy atom. The van der Waals surface area contributed by atoms with Crippen molar-refractivity contribution in [3.05, 3.63) is 362 Å². The second kappa shape index (κ2) is 25.6. The number of aromatic nitrogens is 8. The van der Waals surface area contributed by atoms with E-state index in [9.17, 15) is 0 Å². The van der Waals surface area contributed by atoms with Crippen molar-refractivity contribution in [3.63, 3.8) is 0 Å². The first-order chi connectivity index (χ1) is 59.0. The molecule has 8 aromatic heterocycles. The molecule has 24 aromatic rings. The standard InChI is InChI=1S/C54H34N4O2.C54H34N4OS/c1-54(2)43-23-9-6-16-33(43)40-29-41-34-17-7-10-24-45(34)58(46(41)30-44(40)54)32-26-27-48-42(28-32)37-20-13-22-39(50(37)60-48)53-56-51(31-14-4-3-5-15-31)55-52(57-53)38-21-12-19-36-35-18-8-11-25-47(35)59-49(36)38;1-54(2)43-23-9-6-16-33(43)40-29-41-34-17-7-10-24-45(34)58(46(41)30-44(40)54)32-26-27-47-42(28-32)36-19-12-21-38(49(36)59-47)52-55-51(31-14-4-3-5-15-31)56-53(57-52)39-22-13-20-37-35-18-8-11-25-48(35)60-50(37)39/h2*3-30H,1-2H3. The van der Waals surface area contributed by atoms with Gasteiger partial charge in [0.2, 0.25) is 0 Å². The van der Waals surface area contributed by atoms with Gasteiger partial charge in [0.25, 0.3) is 0 Å². The molecule has 8 heterocycles. The van der Waals surface area contributed by atoms with Crippen LogP contribution in [0, 0.1) is 0 Å². The van der Waals surface area contributed by atoms with Crippen LogP contribution in [0.3, 0.4) is 0 Å². The number of para-hydroxylation sites is 6. The number of furan rings is 3. The molecule has 0 atom stereocenters. The van der Waals surface area contributed by atoms with Gasteiger partial charge in [-0.15, -0.1) is 11.3 Å². The minimum atomic E-state index is -0.115. The molecule has 11 nitrogen and oxygen atoms in total. The van der Waals surface area contributed by atoms with Gasteiger partial charge in [-0.25, -0.2) is 29.9 Å². The highest BCUT2D eigenvalue weighted by molar-refractivity contribution is 7.26. The van der Waals surface area contributed by atoms with Crippen molar-refractivity contribution in [1.29, 1.82) is 0 Å². The van der Waals surface area contributed by atoms with E-state index in [1.165, 1.54) is 104 Å². The summed E-state index contributed by atoms with van der Waals surface area (Å²) in [6, 6.07) is 120. The predicted molar refractivity (Wildman–Crippen MR) is 491 cm³/mol. The van der Waals surface area contributed by atoms with Crippen molar-refractivity contribution in [2.24, 2.45) is 0 Å². The Kier molecular flexibility index (Phi) is 14.5. The Balaban J connectivity index is 0.000000133. The number of hydrogen-bond acceptors (Lipinski definition) is 10. The van der Waals surface area contributed by atoms with E-state index < -0.39 is 0 Å². The van der Waals surface area contributed by atoms with Crippen molar-refractivity contribution in [1.82, 2.24) is 39.0 Å². The van der Waals surface area contributed by atoms with Gasteiger partial charge in [-0.1, -0.05) is 258 Å². The van der Waals surface area contributed by atoms with Crippen LogP contribution >= 0.6 is 11.3 Å². The zero-order valence-corrected chi connectivity index (χ0v) is 66.4. The maximum absolute atomic E-state index is 6.80. The molecule has 0 aliphatic heterocycles. The lowest BCUT2D eigenvalue weighted by Crippen LogP contribution is -2.14. The highest BCUT2D eigenvalue weighted by Crippen LogP contribution is 2.54. The lowest BCUT2D eigenvalue weighted by atomic mass is 9.82. The van der Waals surface area contributed by atoms with Crippen LogP contribution in [0.15, 0.2) is 353 Å². The van der Waals surface area contributed by atoms with Crippen LogP contribution in [0.2, 0.25) is 0 Å². The van der Waals surface area contributed by atoms with E-state index in [0.29, 0.717) is 34.9 Å². The number of thiophene rings is 1. The quantitative estimate of drug-likeness (QED) is 0.146. The van der Waals surface area contributed by atoms with Crippen molar-refractivity contribution in [2.75, 3.05) is 0 Å². The minimum absolute atomic E-state index is 0.109. The maximum Gasteiger partial charge on any atom is 0.167 e. The zero-order valence-electron chi connectivity index (χ0n) is 65.5. The van der Waals surface area contributed by atoms with E-state index in [0.717, 1.165) is 115 Å². The van der Waals surface area contributed by atoms with Gasteiger partial charge >= 0.3 is 0 Å². The first kappa shape index (κ1) is 68.0. The van der Waals surface area contributed by atoms with Crippen LogP contribution < -0.4 is 0 Å². The summed E-state index contributed by atoms with van der Waals surface area (Å²) in [5.41, 5.74) is 27.3. The molecule has 120 heavy (non-hydrogen) atoms. The Hall–Kier alpha value is -15.2. The summed E-state index contributed by atoms with van der Waals surface area (Å²) in [5.74, 6) is 3.45. The van der Waals surface area contributed by atoms with Gasteiger partial charge in [0.15, 0.2) is 34.9 Å². The smallest absolute Gasteiger partial charge is 0.167 e. The van der Waals surface area contributed by atoms with Crippen molar-refractivity contribution in [2.45, 2.75) is 38.5 Å². The highest BCUT2D eigenvalue weighted by atomic mass is 32.1. The van der Waals surface area contributed by atoms with E-state index in [4.69, 9.17) is 43.2 Å². The number of fused-ring (bicyclic) bond motifs is 24. The average molecular weight is 1560 g/mol. The van der Waals surface area contributed by atoms with Crippen LogP contribution in [-0.2, 0) is 10.8 Å². The van der Waals surface area contributed by atoms with Crippen LogP contribution in [-0.4, -0.2) is 39.0 Å². The molecule has 0 unspecified atom stereocenters. The third-order valence-electron chi connectivity index (χ3n) is 25.3. The molecule has 2 aliphatic carbocycles. The van der Waals surface area contributed by atoms with Gasteiger partial charge in [0, 0.05) is 113 Å². The van der Waals surface area contributed by atoms with E-state index in [1.807, 2.05) is 84.9 Å². The van der Waals surface area contributed by atoms with Crippen molar-refractivity contribution >= 4 is 141 Å². The van der Waals surface area contributed by atoms with E-state index in [2.05, 4.69) is 292 Å². The van der Waals surface area contributed by atoms with Gasteiger partial charge in [-0.3, -0.25) is 0 Å². The van der Waals surface area contributed by atoms with E-state index in [1.54, 1.807) is 11.3 Å². The molecule has 0 saturated heterocycles. The number of hydrogen-bond donors (Lipinski definition) is 0. The molecule has 0 amide bonds. The lowest BCUT2D eigenvalue weighted by molar-refractivity contribution is 0.661. The number of rotatable bonds is 8. The Bertz CT molecular complexity index is 8010. The lowest BCUT2D eigenvalue weighted by Gasteiger charge is -2.21. The van der Waals surface area contributed by atoms with Crippen molar-refractivity contribution < 1.29 is 13.3 Å². The number of benzene rings is 16. The molecule has 0 bridgehead atoms. The molecule has 0 fully saturated rings. The second-order valence-corrected chi connectivity index (χ2v) is 33.8. The first-order valence-corrected chi connectivity index (χ1v) is 41.5. The monoisotopic (exact) mass is 1560 g/mol. The zero-order chi connectivity index (χ0) is 79.4. The fourth-order valence-electron chi connectivity index (χ4n) is 19.6. The molecular weight excluding hydrogens is 1490 g/mol. The molecule has 12 heteroatoms. The number of nitrogens with zero attached hydrogens (tertiary/aromatic N) is 8. The summed E-state index contributed by atoms with van der Waals surface area (Å²) in [6.07, 6.45) is 0. The van der Waals surface area contributed by atoms with Crippen LogP contribution in [0.5, 0.6) is 0 Å². The fraction of sp³-hybridized carbons (Fsp3) is 0.0556. The second-order valence-electron chi connectivity index (χ2n) is 32.7. The molecule has 564 valence electrons. The molecule has 0 spiro atoms. The Labute approximate surface area is 691 Å². The fourth-order valence-corrected chi connectivity index (χ4v) is 20.8. The van der Waals surface area contributed by atoms with Crippen LogP contribution in [0.25, 0.3) is 232 Å². The third kappa shape index (κ3) is 10.1.